The van der Waals surface area contributed by atoms with E-state index in [9.17, 15) is 0 Å². The summed E-state index contributed by atoms with van der Waals surface area (Å²) in [6.07, 6.45) is 6.73. The number of rotatable bonds is 5. The molecule has 0 aromatic rings. The highest BCUT2D eigenvalue weighted by molar-refractivity contribution is 6.17. The second-order valence-electron chi connectivity index (χ2n) is 1.83. The van der Waals surface area contributed by atoms with Gasteiger partial charge in [0.15, 0.2) is 0 Å². The van der Waals surface area contributed by atoms with Gasteiger partial charge in [0.25, 0.3) is 0 Å². The number of unbranched alkanes of at least 4 members (excludes halogenated alkanes) is 3. The highest BCUT2D eigenvalue weighted by Gasteiger charge is 1.82. The molecule has 0 amide bonds. The summed E-state index contributed by atoms with van der Waals surface area (Å²) in [6.45, 7) is 3.63. The van der Waals surface area contributed by atoms with E-state index < -0.39 is 0 Å². The molecule has 1 heteroatoms. The van der Waals surface area contributed by atoms with Crippen molar-refractivity contribution in [2.45, 2.75) is 25.7 Å². The highest BCUT2D eigenvalue weighted by atomic mass is 35.5. The third-order valence-electron chi connectivity index (χ3n) is 1.04. The number of alkyl halides is 1. The van der Waals surface area contributed by atoms with Crippen LogP contribution in [0.4, 0.5) is 0 Å². The maximum absolute atomic E-state index is 5.45. The van der Waals surface area contributed by atoms with Gasteiger partial charge in [-0.2, -0.15) is 0 Å². The van der Waals surface area contributed by atoms with Crippen molar-refractivity contribution in [3.8, 4) is 0 Å². The summed E-state index contributed by atoms with van der Waals surface area (Å²) in [5.41, 5.74) is 0. The largest absolute Gasteiger partial charge is 0.127 e. The molecule has 0 N–H and O–H groups in total. The summed E-state index contributed by atoms with van der Waals surface area (Å²) in [5.74, 6) is 0.803. The Hall–Kier alpha value is 0.0300. The van der Waals surface area contributed by atoms with Gasteiger partial charge in [0.05, 0.1) is 0 Å². The van der Waals surface area contributed by atoms with Crippen molar-refractivity contribution in [3.63, 3.8) is 0 Å². The maximum Gasteiger partial charge on any atom is 0.0223 e. The van der Waals surface area contributed by atoms with Gasteiger partial charge in [-0.15, -0.1) is 18.2 Å². The van der Waals surface area contributed by atoms with Gasteiger partial charge in [0, 0.05) is 5.88 Å². The Morgan fingerprint density at radius 1 is 1.25 bits per heavy atom. The topological polar surface area (TPSA) is 0 Å². The van der Waals surface area contributed by atoms with Gasteiger partial charge in [-0.05, 0) is 19.3 Å². The van der Waals surface area contributed by atoms with Crippen molar-refractivity contribution in [1.29, 1.82) is 0 Å². The first kappa shape index (κ1) is 8.03. The molecule has 0 aliphatic rings. The van der Waals surface area contributed by atoms with E-state index in [4.69, 9.17) is 11.6 Å². The molecule has 8 heavy (non-hydrogen) atoms. The van der Waals surface area contributed by atoms with E-state index in [0.29, 0.717) is 0 Å². The second-order valence-corrected chi connectivity index (χ2v) is 2.20. The van der Waals surface area contributed by atoms with E-state index in [2.05, 4.69) is 6.58 Å². The molecule has 0 aliphatic carbocycles. The molecular weight excluding hydrogens is 120 g/mol. The zero-order chi connectivity index (χ0) is 6.24. The molecule has 0 aromatic heterocycles. The normalized spacial score (nSPS) is 9.12. The lowest BCUT2D eigenvalue weighted by atomic mass is 10.2. The van der Waals surface area contributed by atoms with Crippen LogP contribution in [0, 0.1) is 0 Å². The van der Waals surface area contributed by atoms with Crippen LogP contribution < -0.4 is 0 Å². The SMILES string of the molecule is C=CCCCCCCl. The summed E-state index contributed by atoms with van der Waals surface area (Å²) in [5, 5.41) is 0. The van der Waals surface area contributed by atoms with E-state index in [1.807, 2.05) is 6.08 Å². The molecule has 0 bridgehead atoms. The minimum absolute atomic E-state index is 0.803. The van der Waals surface area contributed by atoms with E-state index in [-0.39, 0.29) is 0 Å². The number of hydrogen-bond donors (Lipinski definition) is 0. The fourth-order valence-electron chi connectivity index (χ4n) is 0.560. The van der Waals surface area contributed by atoms with E-state index in [0.717, 1.165) is 18.7 Å². The lowest BCUT2D eigenvalue weighted by Crippen LogP contribution is -1.75. The van der Waals surface area contributed by atoms with Gasteiger partial charge in [0.2, 0.25) is 0 Å². The summed E-state index contributed by atoms with van der Waals surface area (Å²) >= 11 is 5.45. The summed E-state index contributed by atoms with van der Waals surface area (Å²) in [6, 6.07) is 0. The number of allylic oxidation sites excluding steroid dienone is 1. The van der Waals surface area contributed by atoms with Gasteiger partial charge in [0.1, 0.15) is 0 Å². The molecule has 0 spiro atoms. The maximum atomic E-state index is 5.45. The van der Waals surface area contributed by atoms with Crippen LogP contribution in [0.2, 0.25) is 0 Å². The predicted molar refractivity (Wildman–Crippen MR) is 39.4 cm³/mol. The lowest BCUT2D eigenvalue weighted by Gasteiger charge is -1.90. The summed E-state index contributed by atoms with van der Waals surface area (Å²) in [4.78, 5) is 0. The molecule has 0 unspecified atom stereocenters. The van der Waals surface area contributed by atoms with Gasteiger partial charge < -0.3 is 0 Å². The van der Waals surface area contributed by atoms with Crippen LogP contribution in [0.5, 0.6) is 0 Å². The van der Waals surface area contributed by atoms with Crippen molar-refractivity contribution in [3.05, 3.63) is 12.7 Å². The Bertz CT molecular complexity index is 50.3. The fraction of sp³-hybridized carbons (Fsp3) is 0.714. The van der Waals surface area contributed by atoms with E-state index in [1.54, 1.807) is 0 Å². The smallest absolute Gasteiger partial charge is 0.0223 e. The van der Waals surface area contributed by atoms with Crippen molar-refractivity contribution < 1.29 is 0 Å². The Kier molecular flexibility index (Phi) is 7.06. The third-order valence-corrected chi connectivity index (χ3v) is 1.31. The Morgan fingerprint density at radius 2 is 2.00 bits per heavy atom. The quantitative estimate of drug-likeness (QED) is 0.307. The van der Waals surface area contributed by atoms with Gasteiger partial charge in [-0.25, -0.2) is 0 Å². The first-order valence-corrected chi connectivity index (χ1v) is 3.62. The van der Waals surface area contributed by atoms with Crippen LogP contribution in [0.15, 0.2) is 12.7 Å². The highest BCUT2D eigenvalue weighted by Crippen LogP contribution is 2.00. The van der Waals surface area contributed by atoms with E-state index >= 15 is 0 Å². The van der Waals surface area contributed by atoms with Crippen LogP contribution in [-0.4, -0.2) is 5.88 Å². The predicted octanol–water partition coefficient (Wildman–Crippen LogP) is 2.97. The average Bonchev–Trinajstić information content (AvgIpc) is 1.81. The van der Waals surface area contributed by atoms with Crippen molar-refractivity contribution >= 4 is 11.6 Å². The monoisotopic (exact) mass is 132 g/mol. The third kappa shape index (κ3) is 6.03. The second kappa shape index (κ2) is 7.03. The van der Waals surface area contributed by atoms with Gasteiger partial charge in [-0.1, -0.05) is 12.5 Å². The zero-order valence-electron chi connectivity index (χ0n) is 5.20. The minimum Gasteiger partial charge on any atom is -0.127 e. The molecule has 0 radical (unpaired) electrons. The Labute approximate surface area is 56.5 Å². The van der Waals surface area contributed by atoms with Gasteiger partial charge in [-0.3, -0.25) is 0 Å². The van der Waals surface area contributed by atoms with Crippen LogP contribution in [0.25, 0.3) is 0 Å². The molecule has 0 heterocycles. The molecule has 0 nitrogen and oxygen atoms in total. The van der Waals surface area contributed by atoms with Gasteiger partial charge >= 0.3 is 0 Å². The zero-order valence-corrected chi connectivity index (χ0v) is 5.95. The van der Waals surface area contributed by atoms with Crippen molar-refractivity contribution in [2.75, 3.05) is 5.88 Å². The molecule has 48 valence electrons. The fourth-order valence-corrected chi connectivity index (χ4v) is 0.749. The molecule has 0 aliphatic heterocycles. The molecule has 0 saturated heterocycles. The van der Waals surface area contributed by atoms with Crippen LogP contribution in [-0.2, 0) is 0 Å². The first-order valence-electron chi connectivity index (χ1n) is 3.08. The molecule has 0 saturated carbocycles. The Morgan fingerprint density at radius 3 is 2.50 bits per heavy atom. The van der Waals surface area contributed by atoms with Crippen molar-refractivity contribution in [2.24, 2.45) is 0 Å². The summed E-state index contributed by atoms with van der Waals surface area (Å²) in [7, 11) is 0. The molecular formula is C7H13Cl. The molecule has 0 rings (SSSR count). The van der Waals surface area contributed by atoms with Crippen LogP contribution >= 0.6 is 11.6 Å². The number of halogens is 1. The van der Waals surface area contributed by atoms with Crippen molar-refractivity contribution in [1.82, 2.24) is 0 Å². The average molecular weight is 133 g/mol. The Balaban J connectivity index is 2.62. The summed E-state index contributed by atoms with van der Waals surface area (Å²) < 4.78 is 0. The first-order chi connectivity index (χ1) is 3.91. The molecule has 0 fully saturated rings. The minimum atomic E-state index is 0.803. The number of hydrogen-bond acceptors (Lipinski definition) is 0. The molecule has 0 aromatic carbocycles. The van der Waals surface area contributed by atoms with Crippen LogP contribution in [0.3, 0.4) is 0 Å². The van der Waals surface area contributed by atoms with Crippen LogP contribution in [0.1, 0.15) is 25.7 Å². The van der Waals surface area contributed by atoms with E-state index in [1.165, 1.54) is 12.8 Å². The lowest BCUT2D eigenvalue weighted by molar-refractivity contribution is 0.733. The molecule has 0 atom stereocenters. The standard InChI is InChI=1S/C7H13Cl/c1-2-3-4-5-6-7-8/h2H,1,3-7H2.